The Kier molecular flexibility index (Phi) is 5.16. The molecule has 2 aliphatic heterocycles. The molecule has 0 aliphatic carbocycles. The standard InChI is InChI=1S/C18H21N5O2/c19-10-13-8-17(18(23(24)25)9-14(13)11-20)21-12-16-6-3-5-15-4-1-2-7-22(15)16/h8-9,15-16,21H,1-7,12H2/t15-,16-/m1/s1. The second kappa shape index (κ2) is 7.50. The fourth-order valence-corrected chi connectivity index (χ4v) is 4.08. The van der Waals surface area contributed by atoms with Crippen LogP contribution in [-0.4, -0.2) is 35.0 Å². The molecule has 25 heavy (non-hydrogen) atoms. The van der Waals surface area contributed by atoms with Crippen LogP contribution in [0.5, 0.6) is 0 Å². The number of nitrogens with one attached hydrogen (secondary N) is 1. The Morgan fingerprint density at radius 1 is 1.16 bits per heavy atom. The number of hydrogen-bond acceptors (Lipinski definition) is 6. The zero-order valence-electron chi connectivity index (χ0n) is 14.1. The summed E-state index contributed by atoms with van der Waals surface area (Å²) in [5, 5.41) is 32.7. The van der Waals surface area contributed by atoms with Gasteiger partial charge < -0.3 is 5.32 Å². The van der Waals surface area contributed by atoms with Crippen molar-refractivity contribution in [2.24, 2.45) is 0 Å². The van der Waals surface area contributed by atoms with Gasteiger partial charge in [-0.15, -0.1) is 0 Å². The van der Waals surface area contributed by atoms with E-state index in [1.807, 2.05) is 12.1 Å². The average Bonchev–Trinajstić information content (AvgIpc) is 2.65. The minimum Gasteiger partial charge on any atom is -0.378 e. The van der Waals surface area contributed by atoms with Gasteiger partial charge in [0.05, 0.1) is 16.1 Å². The summed E-state index contributed by atoms with van der Waals surface area (Å²) in [6.45, 7) is 1.71. The maximum absolute atomic E-state index is 11.3. The van der Waals surface area contributed by atoms with Crippen LogP contribution in [0.1, 0.15) is 49.7 Å². The van der Waals surface area contributed by atoms with Crippen LogP contribution < -0.4 is 5.32 Å². The van der Waals surface area contributed by atoms with Gasteiger partial charge >= 0.3 is 0 Å². The zero-order valence-corrected chi connectivity index (χ0v) is 14.1. The van der Waals surface area contributed by atoms with E-state index in [2.05, 4.69) is 10.2 Å². The van der Waals surface area contributed by atoms with Gasteiger partial charge in [-0.25, -0.2) is 0 Å². The molecule has 2 aliphatic rings. The van der Waals surface area contributed by atoms with E-state index in [1.54, 1.807) is 0 Å². The third-order valence-corrected chi connectivity index (χ3v) is 5.32. The highest BCUT2D eigenvalue weighted by atomic mass is 16.6. The van der Waals surface area contributed by atoms with Crippen molar-refractivity contribution in [1.29, 1.82) is 10.5 Å². The molecule has 7 nitrogen and oxygen atoms in total. The summed E-state index contributed by atoms with van der Waals surface area (Å²) in [6.07, 6.45) is 7.25. The number of rotatable bonds is 4. The number of nitrogens with zero attached hydrogens (tertiary/aromatic N) is 4. The highest BCUT2D eigenvalue weighted by Crippen LogP contribution is 2.32. The average molecular weight is 339 g/mol. The highest BCUT2D eigenvalue weighted by molar-refractivity contribution is 5.68. The van der Waals surface area contributed by atoms with Crippen LogP contribution in [0.15, 0.2) is 12.1 Å². The van der Waals surface area contributed by atoms with Crippen molar-refractivity contribution >= 4 is 11.4 Å². The predicted octanol–water partition coefficient (Wildman–Crippen LogP) is 3.16. The minimum absolute atomic E-state index is 0.0357. The molecule has 0 aromatic heterocycles. The number of nitro benzene ring substituents is 1. The number of piperidine rings is 2. The van der Waals surface area contributed by atoms with Crippen LogP contribution in [-0.2, 0) is 0 Å². The molecule has 7 heteroatoms. The molecule has 130 valence electrons. The van der Waals surface area contributed by atoms with Gasteiger partial charge in [-0.1, -0.05) is 12.8 Å². The number of hydrogen-bond donors (Lipinski definition) is 1. The first kappa shape index (κ1) is 17.2. The molecule has 0 bridgehead atoms. The molecule has 1 N–H and O–H groups in total. The van der Waals surface area contributed by atoms with Gasteiger partial charge in [0.2, 0.25) is 0 Å². The summed E-state index contributed by atoms with van der Waals surface area (Å²) in [5.74, 6) is 0. The molecule has 0 unspecified atom stereocenters. The molecule has 2 heterocycles. The lowest BCUT2D eigenvalue weighted by Gasteiger charge is -2.45. The first-order chi connectivity index (χ1) is 12.1. The maximum atomic E-state index is 11.3. The Bertz CT molecular complexity index is 747. The van der Waals surface area contributed by atoms with Gasteiger partial charge in [-0.3, -0.25) is 15.0 Å². The molecule has 1 aromatic carbocycles. The number of fused-ring (bicyclic) bond motifs is 1. The smallest absolute Gasteiger partial charge is 0.293 e. The lowest BCUT2D eigenvalue weighted by Crippen LogP contribution is -2.51. The number of anilines is 1. The number of nitriles is 2. The first-order valence-electron chi connectivity index (χ1n) is 8.76. The zero-order chi connectivity index (χ0) is 17.8. The van der Waals surface area contributed by atoms with Gasteiger partial charge in [0.1, 0.15) is 17.8 Å². The Morgan fingerprint density at radius 2 is 1.88 bits per heavy atom. The summed E-state index contributed by atoms with van der Waals surface area (Å²) in [4.78, 5) is 13.4. The van der Waals surface area contributed by atoms with Gasteiger partial charge in [0, 0.05) is 24.7 Å². The fourth-order valence-electron chi connectivity index (χ4n) is 4.08. The SMILES string of the molecule is N#Cc1cc(NC[C@H]2CCC[C@H]3CCCCN32)c([N+](=O)[O-])cc1C#N. The molecular weight excluding hydrogens is 318 g/mol. The van der Waals surface area contributed by atoms with E-state index in [0.717, 1.165) is 13.0 Å². The Labute approximate surface area is 147 Å². The number of benzene rings is 1. The van der Waals surface area contributed by atoms with Crippen LogP contribution in [0.25, 0.3) is 0 Å². The van der Waals surface area contributed by atoms with Gasteiger partial charge in [-0.2, -0.15) is 10.5 Å². The molecule has 2 fully saturated rings. The minimum atomic E-state index is -0.505. The molecule has 0 spiro atoms. The Hall–Kier alpha value is -2.64. The lowest BCUT2D eigenvalue weighted by molar-refractivity contribution is -0.384. The molecular formula is C18H21N5O2. The van der Waals surface area contributed by atoms with Crippen LogP contribution >= 0.6 is 0 Å². The second-order valence-corrected chi connectivity index (χ2v) is 6.75. The fraction of sp³-hybridized carbons (Fsp3) is 0.556. The van der Waals surface area contributed by atoms with Gasteiger partial charge in [-0.05, 0) is 38.3 Å². The summed E-state index contributed by atoms with van der Waals surface area (Å²) < 4.78 is 0. The summed E-state index contributed by atoms with van der Waals surface area (Å²) in [5.41, 5.74) is 0.366. The van der Waals surface area contributed by atoms with Crippen LogP contribution in [0.3, 0.4) is 0 Å². The van der Waals surface area contributed by atoms with E-state index < -0.39 is 4.92 Å². The topological polar surface area (TPSA) is 106 Å². The summed E-state index contributed by atoms with van der Waals surface area (Å²) >= 11 is 0. The van der Waals surface area contributed by atoms with E-state index in [9.17, 15) is 10.1 Å². The van der Waals surface area contributed by atoms with Crippen molar-refractivity contribution < 1.29 is 4.92 Å². The van der Waals surface area contributed by atoms with Crippen molar-refractivity contribution in [3.63, 3.8) is 0 Å². The summed E-state index contributed by atoms with van der Waals surface area (Å²) in [7, 11) is 0. The van der Waals surface area contributed by atoms with Crippen molar-refractivity contribution in [2.45, 2.75) is 50.6 Å². The quantitative estimate of drug-likeness (QED) is 0.667. The van der Waals surface area contributed by atoms with E-state index in [1.165, 1.54) is 44.2 Å². The second-order valence-electron chi connectivity index (χ2n) is 6.75. The van der Waals surface area contributed by atoms with Gasteiger partial charge in [0.25, 0.3) is 5.69 Å². The third kappa shape index (κ3) is 3.57. The summed E-state index contributed by atoms with van der Waals surface area (Å²) in [6, 6.07) is 7.40. The van der Waals surface area contributed by atoms with E-state index in [4.69, 9.17) is 10.5 Å². The van der Waals surface area contributed by atoms with E-state index >= 15 is 0 Å². The van der Waals surface area contributed by atoms with Crippen molar-refractivity contribution in [3.05, 3.63) is 33.4 Å². The number of nitro groups is 1. The van der Waals surface area contributed by atoms with Crippen molar-refractivity contribution in [3.8, 4) is 12.1 Å². The van der Waals surface area contributed by atoms with Crippen LogP contribution in [0.2, 0.25) is 0 Å². The van der Waals surface area contributed by atoms with Crippen molar-refractivity contribution in [1.82, 2.24) is 4.90 Å². The lowest BCUT2D eigenvalue weighted by atomic mass is 9.89. The molecule has 0 radical (unpaired) electrons. The largest absolute Gasteiger partial charge is 0.378 e. The van der Waals surface area contributed by atoms with Crippen LogP contribution in [0, 0.1) is 32.8 Å². The van der Waals surface area contributed by atoms with Crippen molar-refractivity contribution in [2.75, 3.05) is 18.4 Å². The molecule has 0 amide bonds. The Morgan fingerprint density at radius 3 is 2.60 bits per heavy atom. The molecule has 3 rings (SSSR count). The molecule has 1 aromatic rings. The van der Waals surface area contributed by atoms with Gasteiger partial charge in [0.15, 0.2) is 0 Å². The predicted molar refractivity (Wildman–Crippen MR) is 93.0 cm³/mol. The maximum Gasteiger partial charge on any atom is 0.293 e. The molecule has 2 atom stereocenters. The monoisotopic (exact) mass is 339 g/mol. The third-order valence-electron chi connectivity index (χ3n) is 5.32. The van der Waals surface area contributed by atoms with E-state index in [-0.39, 0.29) is 16.8 Å². The normalized spacial score (nSPS) is 23.1. The first-order valence-corrected chi connectivity index (χ1v) is 8.76. The van der Waals surface area contributed by atoms with E-state index in [0.29, 0.717) is 24.3 Å². The Balaban J connectivity index is 1.79. The molecule has 2 saturated heterocycles. The molecule has 0 saturated carbocycles. The van der Waals surface area contributed by atoms with Crippen LogP contribution in [0.4, 0.5) is 11.4 Å². The highest BCUT2D eigenvalue weighted by Gasteiger charge is 2.32.